The lowest BCUT2D eigenvalue weighted by molar-refractivity contribution is -0.137. The van der Waals surface area contributed by atoms with Gasteiger partial charge in [0.05, 0.1) is 18.2 Å². The van der Waals surface area contributed by atoms with Gasteiger partial charge < -0.3 is 14.4 Å². The summed E-state index contributed by atoms with van der Waals surface area (Å²) in [7, 11) is 0. The number of carbonyl (C=O) groups excluding carboxylic acids is 2. The van der Waals surface area contributed by atoms with E-state index in [1.54, 1.807) is 30.0 Å². The predicted octanol–water partition coefficient (Wildman–Crippen LogP) is 4.61. The van der Waals surface area contributed by atoms with E-state index in [0.717, 1.165) is 16.7 Å². The van der Waals surface area contributed by atoms with Crippen LogP contribution in [-0.4, -0.2) is 48.7 Å². The monoisotopic (exact) mass is 443 g/mol. The highest BCUT2D eigenvalue weighted by Crippen LogP contribution is 2.40. The molecule has 7 heteroatoms. The van der Waals surface area contributed by atoms with E-state index >= 15 is 0 Å². The molecule has 2 aliphatic heterocycles. The van der Waals surface area contributed by atoms with E-state index in [2.05, 4.69) is 0 Å². The molecular weight excluding hydrogens is 421 g/mol. The van der Waals surface area contributed by atoms with Crippen LogP contribution >= 0.6 is 11.6 Å². The summed E-state index contributed by atoms with van der Waals surface area (Å²) in [4.78, 5) is 25.6. The van der Waals surface area contributed by atoms with Gasteiger partial charge in [0.2, 0.25) is 0 Å². The maximum atomic E-state index is 13.4. The first-order valence-electron chi connectivity index (χ1n) is 10.3. The third-order valence-corrected chi connectivity index (χ3v) is 5.71. The molecule has 0 aromatic heterocycles. The maximum absolute atomic E-state index is 13.4. The minimum Gasteiger partial charge on any atom is -0.484 e. The van der Waals surface area contributed by atoms with Crippen LogP contribution in [0.1, 0.15) is 29.3 Å². The highest BCUT2D eigenvalue weighted by Gasteiger charge is 2.27. The van der Waals surface area contributed by atoms with Crippen molar-refractivity contribution in [1.29, 1.82) is 0 Å². The summed E-state index contributed by atoms with van der Waals surface area (Å²) in [5, 5.41) is 0.491. The SMILES string of the molecule is CCOC(=O)C=CC1Cc2cc(-c3ccc(C(=O)N4CCC(F)C4)cc3)cc(Cl)c2O1. The van der Waals surface area contributed by atoms with Crippen molar-refractivity contribution in [1.82, 2.24) is 4.90 Å². The third kappa shape index (κ3) is 4.74. The van der Waals surface area contributed by atoms with E-state index in [-0.39, 0.29) is 18.6 Å². The molecule has 0 aliphatic carbocycles. The molecule has 0 radical (unpaired) electrons. The van der Waals surface area contributed by atoms with Gasteiger partial charge >= 0.3 is 5.97 Å². The second kappa shape index (κ2) is 9.10. The largest absolute Gasteiger partial charge is 0.484 e. The average Bonchev–Trinajstić information content (AvgIpc) is 3.38. The lowest BCUT2D eigenvalue weighted by atomic mass is 9.99. The summed E-state index contributed by atoms with van der Waals surface area (Å²) in [6, 6.07) is 11.1. The first kappa shape index (κ1) is 21.4. The molecule has 2 heterocycles. The van der Waals surface area contributed by atoms with Gasteiger partial charge in [-0.25, -0.2) is 9.18 Å². The lowest BCUT2D eigenvalue weighted by Crippen LogP contribution is -2.28. The second-order valence-corrected chi connectivity index (χ2v) is 8.04. The molecule has 162 valence electrons. The van der Waals surface area contributed by atoms with Crippen molar-refractivity contribution in [2.24, 2.45) is 0 Å². The Hall–Kier alpha value is -2.86. The van der Waals surface area contributed by atoms with Crippen molar-refractivity contribution in [2.45, 2.75) is 32.0 Å². The Morgan fingerprint density at radius 1 is 1.26 bits per heavy atom. The van der Waals surface area contributed by atoms with Crippen LogP contribution in [0.3, 0.4) is 0 Å². The Labute approximate surface area is 185 Å². The molecule has 1 fully saturated rings. The number of esters is 1. The minimum atomic E-state index is -0.935. The van der Waals surface area contributed by atoms with E-state index in [1.807, 2.05) is 24.3 Å². The zero-order chi connectivity index (χ0) is 22.0. The van der Waals surface area contributed by atoms with Gasteiger partial charge in [-0.05, 0) is 54.8 Å². The first-order valence-corrected chi connectivity index (χ1v) is 10.7. The van der Waals surface area contributed by atoms with Gasteiger partial charge in [-0.15, -0.1) is 0 Å². The molecule has 2 aliphatic rings. The Balaban J connectivity index is 1.48. The molecule has 1 amide bonds. The van der Waals surface area contributed by atoms with E-state index in [0.29, 0.717) is 42.3 Å². The van der Waals surface area contributed by atoms with Crippen molar-refractivity contribution < 1.29 is 23.5 Å². The number of hydrogen-bond acceptors (Lipinski definition) is 4. The average molecular weight is 444 g/mol. The van der Waals surface area contributed by atoms with Crippen LogP contribution in [0, 0.1) is 0 Å². The Morgan fingerprint density at radius 3 is 2.71 bits per heavy atom. The molecule has 0 N–H and O–H groups in total. The minimum absolute atomic E-state index is 0.150. The van der Waals surface area contributed by atoms with Gasteiger partial charge in [0.15, 0.2) is 0 Å². The van der Waals surface area contributed by atoms with Gasteiger partial charge in [0, 0.05) is 30.2 Å². The number of likely N-dealkylation sites (tertiary alicyclic amines) is 1. The number of hydrogen-bond donors (Lipinski definition) is 0. The number of fused-ring (bicyclic) bond motifs is 1. The van der Waals surface area contributed by atoms with E-state index in [4.69, 9.17) is 21.1 Å². The van der Waals surface area contributed by atoms with Gasteiger partial charge in [-0.2, -0.15) is 0 Å². The highest BCUT2D eigenvalue weighted by atomic mass is 35.5. The molecule has 1 saturated heterocycles. The molecule has 2 aromatic rings. The number of alkyl halides is 1. The third-order valence-electron chi connectivity index (χ3n) is 5.43. The summed E-state index contributed by atoms with van der Waals surface area (Å²) in [5.74, 6) is 0.0632. The lowest BCUT2D eigenvalue weighted by Gasteiger charge is -2.15. The first-order chi connectivity index (χ1) is 14.9. The van der Waals surface area contributed by atoms with Crippen LogP contribution in [-0.2, 0) is 16.0 Å². The topological polar surface area (TPSA) is 55.8 Å². The normalized spacial score (nSPS) is 20.0. The number of halogens is 2. The van der Waals surface area contributed by atoms with Crippen LogP contribution in [0.5, 0.6) is 5.75 Å². The quantitative estimate of drug-likeness (QED) is 0.500. The summed E-state index contributed by atoms with van der Waals surface area (Å²) in [5.41, 5.74) is 3.31. The van der Waals surface area contributed by atoms with Crippen LogP contribution in [0.4, 0.5) is 4.39 Å². The van der Waals surface area contributed by atoms with Crippen molar-refractivity contribution in [3.05, 3.63) is 64.7 Å². The molecule has 2 aromatic carbocycles. The van der Waals surface area contributed by atoms with Gasteiger partial charge in [0.25, 0.3) is 5.91 Å². The standard InChI is InChI=1S/C24H23ClFNO4/c1-2-30-22(28)8-7-20-12-18-11-17(13-21(25)23(18)31-20)15-3-5-16(6-4-15)24(29)27-10-9-19(26)14-27/h3-8,11,13,19-20H,2,9-10,12,14H2,1H3. The number of ether oxygens (including phenoxy) is 2. The zero-order valence-corrected chi connectivity index (χ0v) is 17.9. The van der Waals surface area contributed by atoms with Crippen LogP contribution in [0.2, 0.25) is 5.02 Å². The van der Waals surface area contributed by atoms with Gasteiger partial charge in [-0.3, -0.25) is 4.79 Å². The second-order valence-electron chi connectivity index (χ2n) is 7.63. The van der Waals surface area contributed by atoms with Crippen molar-refractivity contribution in [3.8, 4) is 16.9 Å². The Kier molecular flexibility index (Phi) is 6.28. The van der Waals surface area contributed by atoms with Crippen molar-refractivity contribution in [3.63, 3.8) is 0 Å². The number of nitrogens with zero attached hydrogens (tertiary/aromatic N) is 1. The predicted molar refractivity (Wildman–Crippen MR) is 116 cm³/mol. The molecule has 4 rings (SSSR count). The van der Waals surface area contributed by atoms with Crippen molar-refractivity contribution >= 4 is 23.5 Å². The van der Waals surface area contributed by atoms with Crippen molar-refractivity contribution in [2.75, 3.05) is 19.7 Å². The number of carbonyl (C=O) groups is 2. The van der Waals surface area contributed by atoms with Gasteiger partial charge in [0.1, 0.15) is 18.0 Å². The van der Waals surface area contributed by atoms with Crippen LogP contribution in [0.15, 0.2) is 48.6 Å². The fourth-order valence-corrected chi connectivity index (χ4v) is 4.17. The molecule has 0 saturated carbocycles. The molecular formula is C24H23ClFNO4. The highest BCUT2D eigenvalue weighted by molar-refractivity contribution is 6.32. The Morgan fingerprint density at radius 2 is 2.03 bits per heavy atom. The number of benzene rings is 2. The summed E-state index contributed by atoms with van der Waals surface area (Å²) < 4.78 is 24.1. The maximum Gasteiger partial charge on any atom is 0.330 e. The summed E-state index contributed by atoms with van der Waals surface area (Å²) in [6.07, 6.45) is 2.82. The molecule has 0 bridgehead atoms. The molecule has 5 nitrogen and oxygen atoms in total. The zero-order valence-electron chi connectivity index (χ0n) is 17.1. The number of rotatable bonds is 5. The number of amides is 1. The fraction of sp³-hybridized carbons (Fsp3) is 0.333. The molecule has 2 unspecified atom stereocenters. The van der Waals surface area contributed by atoms with Gasteiger partial charge in [-0.1, -0.05) is 23.7 Å². The van der Waals surface area contributed by atoms with E-state index < -0.39 is 12.1 Å². The molecule has 31 heavy (non-hydrogen) atoms. The van der Waals surface area contributed by atoms with E-state index in [9.17, 15) is 14.0 Å². The molecule has 2 atom stereocenters. The smallest absolute Gasteiger partial charge is 0.330 e. The van der Waals surface area contributed by atoms with Crippen LogP contribution in [0.25, 0.3) is 11.1 Å². The summed E-state index contributed by atoms with van der Waals surface area (Å²) in [6.45, 7) is 2.69. The Bertz CT molecular complexity index is 1020. The molecule has 0 spiro atoms. The van der Waals surface area contributed by atoms with E-state index in [1.165, 1.54) is 6.08 Å². The van der Waals surface area contributed by atoms with Crippen LogP contribution < -0.4 is 4.74 Å². The fourth-order valence-electron chi connectivity index (χ4n) is 3.88. The summed E-state index contributed by atoms with van der Waals surface area (Å²) >= 11 is 6.45.